The fourth-order valence-corrected chi connectivity index (χ4v) is 3.80. The lowest BCUT2D eigenvalue weighted by Crippen LogP contribution is -2.42. The molecule has 2 atom stereocenters. The van der Waals surface area contributed by atoms with Gasteiger partial charge in [-0.1, -0.05) is 13.8 Å². The van der Waals surface area contributed by atoms with E-state index in [9.17, 15) is 13.2 Å². The molecule has 0 aromatic carbocycles. The summed E-state index contributed by atoms with van der Waals surface area (Å²) in [6.07, 6.45) is 0.902. The summed E-state index contributed by atoms with van der Waals surface area (Å²) in [5.41, 5.74) is 0.168. The molecule has 0 saturated carbocycles. The molecule has 2 rings (SSSR count). The fraction of sp³-hybridized carbons (Fsp3) is 0.667. The number of H-pyrrole nitrogens is 1. The molecular weight excluding hydrogens is 302 g/mol. The van der Waals surface area contributed by atoms with Gasteiger partial charge in [0.2, 0.25) is 0 Å². The molecule has 0 radical (unpaired) electrons. The first-order valence-corrected chi connectivity index (χ1v) is 8.81. The summed E-state index contributed by atoms with van der Waals surface area (Å²) in [7, 11) is 1.39. The van der Waals surface area contributed by atoms with Crippen LogP contribution in [0.1, 0.15) is 36.5 Å². The number of nitrogens with zero attached hydrogens (tertiary/aromatic N) is 2. The number of amides is 1. The van der Waals surface area contributed by atoms with E-state index in [-0.39, 0.29) is 22.2 Å². The first kappa shape index (κ1) is 15.3. The predicted octanol–water partition coefficient (Wildman–Crippen LogP) is 1.76. The average molecular weight is 320 g/mol. The number of likely N-dealkylation sites (tertiary alicyclic amines) is 1. The van der Waals surface area contributed by atoms with E-state index in [1.54, 1.807) is 4.90 Å². The number of piperidine rings is 1. The minimum absolute atomic E-state index is 0.112. The maximum Gasteiger partial charge on any atom is 0.275 e. The molecule has 0 bridgehead atoms. The van der Waals surface area contributed by atoms with Gasteiger partial charge in [0.15, 0.2) is 5.69 Å². The molecule has 1 aliphatic heterocycles. The molecule has 0 aliphatic carbocycles. The summed E-state index contributed by atoms with van der Waals surface area (Å²) in [4.78, 5) is 13.9. The summed E-state index contributed by atoms with van der Waals surface area (Å²) in [6.45, 7) is 6.98. The van der Waals surface area contributed by atoms with Crippen molar-refractivity contribution in [2.24, 2.45) is 11.8 Å². The molecule has 1 saturated heterocycles. The van der Waals surface area contributed by atoms with Crippen LogP contribution >= 0.6 is 10.7 Å². The smallest absolute Gasteiger partial charge is 0.275 e. The summed E-state index contributed by atoms with van der Waals surface area (Å²) in [5.74, 6) is 0.548. The number of carbonyl (C=O) groups is 1. The number of hydrogen-bond donors (Lipinski definition) is 1. The van der Waals surface area contributed by atoms with Crippen LogP contribution in [0.15, 0.2) is 4.90 Å². The van der Waals surface area contributed by atoms with E-state index < -0.39 is 9.05 Å². The van der Waals surface area contributed by atoms with Gasteiger partial charge in [-0.3, -0.25) is 9.89 Å². The summed E-state index contributed by atoms with van der Waals surface area (Å²) in [6, 6.07) is 0. The number of halogens is 1. The zero-order valence-electron chi connectivity index (χ0n) is 11.7. The van der Waals surface area contributed by atoms with Crippen molar-refractivity contribution in [3.8, 4) is 0 Å². The van der Waals surface area contributed by atoms with E-state index >= 15 is 0 Å². The van der Waals surface area contributed by atoms with Crippen molar-refractivity contribution in [1.82, 2.24) is 15.1 Å². The molecule has 112 valence electrons. The van der Waals surface area contributed by atoms with Crippen LogP contribution in [-0.4, -0.2) is 42.5 Å². The third-order valence-electron chi connectivity index (χ3n) is 3.96. The Morgan fingerprint density at radius 3 is 2.60 bits per heavy atom. The molecule has 8 heteroatoms. The van der Waals surface area contributed by atoms with Crippen LogP contribution in [0.2, 0.25) is 0 Å². The number of nitrogens with one attached hydrogen (secondary N) is 1. The van der Waals surface area contributed by atoms with Gasteiger partial charge in [-0.05, 0) is 25.2 Å². The van der Waals surface area contributed by atoms with Crippen LogP contribution in [0, 0.1) is 18.8 Å². The Bertz CT molecular complexity index is 626. The van der Waals surface area contributed by atoms with Crippen LogP contribution in [0.4, 0.5) is 0 Å². The van der Waals surface area contributed by atoms with Gasteiger partial charge in [-0.2, -0.15) is 5.10 Å². The first-order valence-electron chi connectivity index (χ1n) is 6.50. The van der Waals surface area contributed by atoms with E-state index in [1.165, 1.54) is 6.92 Å². The quantitative estimate of drug-likeness (QED) is 0.842. The number of hydrogen-bond acceptors (Lipinski definition) is 4. The molecule has 6 nitrogen and oxygen atoms in total. The molecule has 0 spiro atoms. The highest BCUT2D eigenvalue weighted by Crippen LogP contribution is 2.27. The van der Waals surface area contributed by atoms with Crippen molar-refractivity contribution < 1.29 is 13.2 Å². The van der Waals surface area contributed by atoms with Gasteiger partial charge in [-0.15, -0.1) is 0 Å². The van der Waals surface area contributed by atoms with Crippen LogP contribution in [0.25, 0.3) is 0 Å². The van der Waals surface area contributed by atoms with Crippen LogP contribution < -0.4 is 0 Å². The Morgan fingerprint density at radius 1 is 1.40 bits per heavy atom. The Kier molecular flexibility index (Phi) is 4.11. The average Bonchev–Trinajstić information content (AvgIpc) is 2.73. The Morgan fingerprint density at radius 2 is 2.05 bits per heavy atom. The normalized spacial score (nSPS) is 23.9. The van der Waals surface area contributed by atoms with Crippen molar-refractivity contribution in [3.63, 3.8) is 0 Å². The van der Waals surface area contributed by atoms with Crippen LogP contribution in [0.5, 0.6) is 0 Å². The Hall–Kier alpha value is -1.08. The molecule has 20 heavy (non-hydrogen) atoms. The maximum atomic E-state index is 12.5. The van der Waals surface area contributed by atoms with Crippen LogP contribution in [0.3, 0.4) is 0 Å². The number of aryl methyl sites for hydroxylation is 1. The van der Waals surface area contributed by atoms with E-state index in [0.29, 0.717) is 24.9 Å². The summed E-state index contributed by atoms with van der Waals surface area (Å²) >= 11 is 0. The maximum absolute atomic E-state index is 12.5. The van der Waals surface area contributed by atoms with Crippen molar-refractivity contribution in [1.29, 1.82) is 0 Å². The number of aromatic amines is 1. The van der Waals surface area contributed by atoms with Gasteiger partial charge >= 0.3 is 0 Å². The second-order valence-corrected chi connectivity index (χ2v) is 7.96. The molecular formula is C12H18ClN3O3S. The zero-order valence-corrected chi connectivity index (χ0v) is 13.3. The molecule has 2 unspecified atom stereocenters. The van der Waals surface area contributed by atoms with Gasteiger partial charge in [-0.25, -0.2) is 8.42 Å². The first-order chi connectivity index (χ1) is 9.21. The zero-order chi connectivity index (χ0) is 15.1. The van der Waals surface area contributed by atoms with Gasteiger partial charge < -0.3 is 4.90 Å². The molecule has 1 N–H and O–H groups in total. The van der Waals surface area contributed by atoms with Gasteiger partial charge in [0, 0.05) is 23.8 Å². The second kappa shape index (κ2) is 5.37. The Labute approximate surface area is 122 Å². The summed E-state index contributed by atoms with van der Waals surface area (Å²) < 4.78 is 23.1. The largest absolute Gasteiger partial charge is 0.337 e. The van der Waals surface area contributed by atoms with E-state index in [4.69, 9.17) is 10.7 Å². The number of aromatic nitrogens is 2. The standard InChI is InChI=1S/C12H18ClN3O3S/c1-7-4-5-16(6-8(7)2)12(17)10-11(20(13,18)19)9(3)14-15-10/h7-8H,4-6H2,1-3H3,(H,14,15). The lowest BCUT2D eigenvalue weighted by atomic mass is 9.88. The minimum atomic E-state index is -4.00. The van der Waals surface area contributed by atoms with Crippen LogP contribution in [-0.2, 0) is 9.05 Å². The number of carbonyl (C=O) groups excluding carboxylic acids is 1. The lowest BCUT2D eigenvalue weighted by Gasteiger charge is -2.34. The molecule has 1 aromatic rings. The lowest BCUT2D eigenvalue weighted by molar-refractivity contribution is 0.0617. The minimum Gasteiger partial charge on any atom is -0.337 e. The topological polar surface area (TPSA) is 83.1 Å². The van der Waals surface area contributed by atoms with E-state index in [0.717, 1.165) is 6.42 Å². The monoisotopic (exact) mass is 319 g/mol. The van der Waals surface area contributed by atoms with Gasteiger partial charge in [0.25, 0.3) is 15.0 Å². The SMILES string of the molecule is Cc1[nH]nc(C(=O)N2CCC(C)C(C)C2)c1S(=O)(=O)Cl. The molecule has 1 aliphatic rings. The molecule has 2 heterocycles. The van der Waals surface area contributed by atoms with Crippen molar-refractivity contribution in [2.75, 3.05) is 13.1 Å². The van der Waals surface area contributed by atoms with Crippen molar-refractivity contribution >= 4 is 25.6 Å². The van der Waals surface area contributed by atoms with Gasteiger partial charge in [0.1, 0.15) is 4.90 Å². The summed E-state index contributed by atoms with van der Waals surface area (Å²) in [5, 5.41) is 6.34. The fourth-order valence-electron chi connectivity index (χ4n) is 2.46. The molecule has 1 aromatic heterocycles. The van der Waals surface area contributed by atoms with E-state index in [1.807, 2.05) is 0 Å². The Balaban J connectivity index is 2.31. The van der Waals surface area contributed by atoms with Crippen molar-refractivity contribution in [2.45, 2.75) is 32.1 Å². The number of rotatable bonds is 2. The predicted molar refractivity (Wildman–Crippen MR) is 75.2 cm³/mol. The third kappa shape index (κ3) is 2.83. The highest BCUT2D eigenvalue weighted by molar-refractivity contribution is 8.13. The van der Waals surface area contributed by atoms with Crippen molar-refractivity contribution in [3.05, 3.63) is 11.4 Å². The molecule has 1 fully saturated rings. The third-order valence-corrected chi connectivity index (χ3v) is 5.41. The van der Waals surface area contributed by atoms with Gasteiger partial charge in [0.05, 0.1) is 5.69 Å². The highest BCUT2D eigenvalue weighted by Gasteiger charge is 2.32. The van der Waals surface area contributed by atoms with E-state index in [2.05, 4.69) is 24.0 Å². The molecule has 1 amide bonds. The second-order valence-electron chi connectivity index (χ2n) is 5.46. The highest BCUT2D eigenvalue weighted by atomic mass is 35.7.